The van der Waals surface area contributed by atoms with Crippen LogP contribution in [-0.4, -0.2) is 77.7 Å². The van der Waals surface area contributed by atoms with Gasteiger partial charge in [-0.25, -0.2) is 4.79 Å². The molecule has 0 radical (unpaired) electrons. The maximum absolute atomic E-state index is 13.3. The SMILES string of the molecule is CCCCC/C(=C\c1ccc(O)c(OC)c1)C(=O)O[C@@H]1[C@H](OC(C)=O)[C@@H](O)[C@@H]2CNC[C@@]1(O)O2. The molecule has 10 nitrogen and oxygen atoms in total. The maximum Gasteiger partial charge on any atom is 0.334 e. The number of fused-ring (bicyclic) bond motifs is 2. The molecule has 188 valence electrons. The van der Waals surface area contributed by atoms with E-state index in [4.69, 9.17) is 18.9 Å². The van der Waals surface area contributed by atoms with Crippen molar-refractivity contribution in [1.29, 1.82) is 0 Å². The van der Waals surface area contributed by atoms with Gasteiger partial charge in [0.1, 0.15) is 12.2 Å². The van der Waals surface area contributed by atoms with Crippen LogP contribution in [0.5, 0.6) is 11.5 Å². The van der Waals surface area contributed by atoms with Gasteiger partial charge in [0.15, 0.2) is 23.7 Å². The molecule has 34 heavy (non-hydrogen) atoms. The van der Waals surface area contributed by atoms with Crippen molar-refractivity contribution in [2.75, 3.05) is 20.2 Å². The largest absolute Gasteiger partial charge is 0.504 e. The Hall–Kier alpha value is -2.66. The number of hydrogen-bond donors (Lipinski definition) is 4. The number of morpholine rings is 1. The highest BCUT2D eigenvalue weighted by molar-refractivity contribution is 5.94. The number of esters is 2. The van der Waals surface area contributed by atoms with Crippen LogP contribution in [0.3, 0.4) is 0 Å². The molecule has 10 heteroatoms. The monoisotopic (exact) mass is 479 g/mol. The number of nitrogens with one attached hydrogen (secondary N) is 1. The van der Waals surface area contributed by atoms with Gasteiger partial charge in [0, 0.05) is 19.0 Å². The van der Waals surface area contributed by atoms with E-state index in [1.165, 1.54) is 20.1 Å². The van der Waals surface area contributed by atoms with Crippen LogP contribution in [0, 0.1) is 0 Å². The van der Waals surface area contributed by atoms with E-state index in [0.717, 1.165) is 19.3 Å². The Morgan fingerprint density at radius 1 is 1.29 bits per heavy atom. The Bertz CT molecular complexity index is 918. The molecule has 3 rings (SSSR count). The first-order valence-corrected chi connectivity index (χ1v) is 11.4. The fourth-order valence-corrected chi connectivity index (χ4v) is 4.20. The molecule has 2 heterocycles. The topological polar surface area (TPSA) is 144 Å². The summed E-state index contributed by atoms with van der Waals surface area (Å²) >= 11 is 0. The Morgan fingerprint density at radius 2 is 2.06 bits per heavy atom. The first kappa shape index (κ1) is 26.0. The van der Waals surface area contributed by atoms with E-state index in [9.17, 15) is 24.9 Å². The lowest BCUT2D eigenvalue weighted by Crippen LogP contribution is -2.73. The molecular weight excluding hydrogens is 446 g/mol. The third-order valence-corrected chi connectivity index (χ3v) is 5.93. The van der Waals surface area contributed by atoms with E-state index < -0.39 is 42.1 Å². The average molecular weight is 480 g/mol. The summed E-state index contributed by atoms with van der Waals surface area (Å²) in [6, 6.07) is 4.67. The highest BCUT2D eigenvalue weighted by atomic mass is 16.7. The molecule has 1 aromatic carbocycles. The molecule has 2 bridgehead atoms. The second kappa shape index (κ2) is 11.2. The molecule has 2 aliphatic heterocycles. The number of hydrogen-bond acceptors (Lipinski definition) is 10. The van der Waals surface area contributed by atoms with Crippen molar-refractivity contribution in [1.82, 2.24) is 5.32 Å². The summed E-state index contributed by atoms with van der Waals surface area (Å²) in [6.45, 7) is 3.38. The second-order valence-corrected chi connectivity index (χ2v) is 8.58. The fraction of sp³-hybridized carbons (Fsp3) is 0.583. The minimum absolute atomic E-state index is 0.0334. The lowest BCUT2D eigenvalue weighted by Gasteiger charge is -2.51. The molecule has 1 aromatic rings. The van der Waals surface area contributed by atoms with Gasteiger partial charge < -0.3 is 39.6 Å². The van der Waals surface area contributed by atoms with Crippen LogP contribution < -0.4 is 10.1 Å². The number of carbonyl (C=O) groups is 2. The molecule has 4 N–H and O–H groups in total. The van der Waals surface area contributed by atoms with Crippen molar-refractivity contribution in [3.05, 3.63) is 29.3 Å². The zero-order valence-electron chi connectivity index (χ0n) is 19.7. The molecule has 0 aliphatic carbocycles. The van der Waals surface area contributed by atoms with Crippen molar-refractivity contribution in [3.63, 3.8) is 0 Å². The molecule has 2 aliphatic rings. The van der Waals surface area contributed by atoms with Gasteiger partial charge in [-0.15, -0.1) is 0 Å². The summed E-state index contributed by atoms with van der Waals surface area (Å²) in [4.78, 5) is 25.0. The van der Waals surface area contributed by atoms with Crippen molar-refractivity contribution in [2.24, 2.45) is 0 Å². The van der Waals surface area contributed by atoms with E-state index in [0.29, 0.717) is 17.6 Å². The quantitative estimate of drug-likeness (QED) is 0.232. The number of phenols is 1. The predicted octanol–water partition coefficient (Wildman–Crippen LogP) is 1.26. The molecule has 2 saturated heterocycles. The van der Waals surface area contributed by atoms with Gasteiger partial charge in [0.2, 0.25) is 5.79 Å². The van der Waals surface area contributed by atoms with Crippen LogP contribution in [-0.2, 0) is 23.8 Å². The summed E-state index contributed by atoms with van der Waals surface area (Å²) < 4.78 is 21.7. The number of benzene rings is 1. The summed E-state index contributed by atoms with van der Waals surface area (Å²) in [7, 11) is 1.43. The number of aliphatic hydroxyl groups is 2. The van der Waals surface area contributed by atoms with Crippen molar-refractivity contribution in [2.45, 2.75) is 69.7 Å². The molecule has 0 amide bonds. The summed E-state index contributed by atoms with van der Waals surface area (Å²) in [5, 5.41) is 34.5. The molecule has 0 spiro atoms. The third-order valence-electron chi connectivity index (χ3n) is 5.93. The smallest absolute Gasteiger partial charge is 0.334 e. The summed E-state index contributed by atoms with van der Waals surface area (Å²) in [5.41, 5.74) is 0.916. The standard InChI is InChI=1S/C24H33NO9/c1-4-5-6-7-16(10-15-8-9-17(27)18(11-15)31-3)23(29)33-22-21(32-14(2)26)20(28)19-12-25-13-24(22,30)34-19/h8-11,19-22,25,27-28,30H,4-7,12-13H2,1-3H3/b16-10+/t19-,20-,21+,22+,24+/m0/s1. The lowest BCUT2D eigenvalue weighted by molar-refractivity contribution is -0.355. The van der Waals surface area contributed by atoms with Crippen LogP contribution in [0.25, 0.3) is 6.08 Å². The van der Waals surface area contributed by atoms with Crippen LogP contribution in [0.2, 0.25) is 0 Å². The van der Waals surface area contributed by atoms with Gasteiger partial charge in [-0.3, -0.25) is 4.79 Å². The van der Waals surface area contributed by atoms with Crippen molar-refractivity contribution in [3.8, 4) is 11.5 Å². The molecule has 0 unspecified atom stereocenters. The number of rotatable bonds is 9. The molecular formula is C24H33NO9. The maximum atomic E-state index is 13.3. The van der Waals surface area contributed by atoms with Crippen LogP contribution in [0.15, 0.2) is 23.8 Å². The number of ether oxygens (including phenoxy) is 4. The van der Waals surface area contributed by atoms with E-state index >= 15 is 0 Å². The van der Waals surface area contributed by atoms with E-state index in [-0.39, 0.29) is 24.6 Å². The number of methoxy groups -OCH3 is 1. The highest BCUT2D eigenvalue weighted by Crippen LogP contribution is 2.35. The van der Waals surface area contributed by atoms with Gasteiger partial charge in [0.25, 0.3) is 0 Å². The minimum atomic E-state index is -1.98. The number of unbranched alkanes of at least 4 members (excludes halogenated alkanes) is 2. The average Bonchev–Trinajstić information content (AvgIpc) is 2.80. The first-order chi connectivity index (χ1) is 16.2. The number of β-amino-alcohol motifs (C(OH)–C–C–N with tert-alkyl or cyclic N) is 1. The predicted molar refractivity (Wildman–Crippen MR) is 121 cm³/mol. The first-order valence-electron chi connectivity index (χ1n) is 11.4. The van der Waals surface area contributed by atoms with Crippen LogP contribution >= 0.6 is 0 Å². The number of phenolic OH excluding ortho intramolecular Hbond substituents is 1. The Labute approximate surface area is 198 Å². The van der Waals surface area contributed by atoms with Crippen LogP contribution in [0.1, 0.15) is 45.1 Å². The Balaban J connectivity index is 1.90. The summed E-state index contributed by atoms with van der Waals surface area (Å²) in [6.07, 6.45) is -0.316. The number of aromatic hydroxyl groups is 1. The van der Waals surface area contributed by atoms with Gasteiger partial charge in [-0.05, 0) is 36.6 Å². The van der Waals surface area contributed by atoms with E-state index in [1.54, 1.807) is 18.2 Å². The fourth-order valence-electron chi connectivity index (χ4n) is 4.20. The Kier molecular flexibility index (Phi) is 8.53. The number of aliphatic hydroxyl groups excluding tert-OH is 1. The van der Waals surface area contributed by atoms with Gasteiger partial charge in [-0.1, -0.05) is 25.8 Å². The van der Waals surface area contributed by atoms with Crippen molar-refractivity contribution < 1.29 is 43.9 Å². The normalized spacial score (nSPS) is 28.8. The lowest BCUT2D eigenvalue weighted by atomic mass is 9.89. The molecule has 0 aromatic heterocycles. The zero-order valence-corrected chi connectivity index (χ0v) is 19.7. The van der Waals surface area contributed by atoms with Gasteiger partial charge >= 0.3 is 11.9 Å². The summed E-state index contributed by atoms with van der Waals surface area (Å²) in [5.74, 6) is -3.18. The van der Waals surface area contributed by atoms with Crippen molar-refractivity contribution >= 4 is 18.0 Å². The Morgan fingerprint density at radius 3 is 2.74 bits per heavy atom. The van der Waals surface area contributed by atoms with Gasteiger partial charge in [0.05, 0.1) is 13.7 Å². The highest BCUT2D eigenvalue weighted by Gasteiger charge is 2.59. The molecule has 2 fully saturated rings. The van der Waals surface area contributed by atoms with Gasteiger partial charge in [-0.2, -0.15) is 0 Å². The van der Waals surface area contributed by atoms with Crippen LogP contribution in [0.4, 0.5) is 0 Å². The van der Waals surface area contributed by atoms with E-state index in [1.807, 2.05) is 6.92 Å². The number of carbonyl (C=O) groups excluding carboxylic acids is 2. The molecule has 5 atom stereocenters. The second-order valence-electron chi connectivity index (χ2n) is 8.58. The molecule has 0 saturated carbocycles. The zero-order chi connectivity index (χ0) is 24.9. The van der Waals surface area contributed by atoms with E-state index in [2.05, 4.69) is 5.32 Å². The minimum Gasteiger partial charge on any atom is -0.504 e. The third kappa shape index (κ3) is 5.87.